The summed E-state index contributed by atoms with van der Waals surface area (Å²) in [5.41, 5.74) is 1.13. The van der Waals surface area contributed by atoms with Crippen LogP contribution >= 0.6 is 24.0 Å². The van der Waals surface area contributed by atoms with Gasteiger partial charge in [0.2, 0.25) is 11.8 Å². The van der Waals surface area contributed by atoms with E-state index >= 15 is 0 Å². The average molecular weight is 566 g/mol. The molecule has 2 bridgehead atoms. The smallest absolute Gasteiger partial charge is 0.233 e. The Hall–Kier alpha value is -2.10. The van der Waals surface area contributed by atoms with Gasteiger partial charge in [-0.15, -0.1) is 24.0 Å². The third-order valence-corrected chi connectivity index (χ3v) is 6.60. The fraction of sp³-hybridized carbons (Fsp3) is 0.560. The number of ether oxygens (including phenoxy) is 1. The molecule has 0 radical (unpaired) electrons. The second-order valence-corrected chi connectivity index (χ2v) is 9.38. The number of carbonyl (C=O) groups is 2. The molecule has 2 aliphatic carbocycles. The second-order valence-electron chi connectivity index (χ2n) is 9.38. The van der Waals surface area contributed by atoms with Gasteiger partial charge in [-0.2, -0.15) is 0 Å². The fourth-order valence-corrected chi connectivity index (χ4v) is 5.00. The van der Waals surface area contributed by atoms with E-state index in [-0.39, 0.29) is 59.5 Å². The molecule has 1 saturated heterocycles. The topological polar surface area (TPSA) is 83.0 Å². The van der Waals surface area contributed by atoms with E-state index < -0.39 is 0 Å². The van der Waals surface area contributed by atoms with Gasteiger partial charge in [-0.25, -0.2) is 0 Å². The molecule has 8 heteroatoms. The molecular weight excluding hydrogens is 531 g/mol. The summed E-state index contributed by atoms with van der Waals surface area (Å²) in [6.45, 7) is 6.72. The minimum atomic E-state index is -0.109. The Kier molecular flexibility index (Phi) is 8.78. The fourth-order valence-electron chi connectivity index (χ4n) is 5.00. The zero-order valence-corrected chi connectivity index (χ0v) is 22.0. The van der Waals surface area contributed by atoms with Crippen molar-refractivity contribution in [2.24, 2.45) is 34.6 Å². The van der Waals surface area contributed by atoms with Gasteiger partial charge >= 0.3 is 0 Å². The molecule has 2 fully saturated rings. The Morgan fingerprint density at radius 1 is 1.09 bits per heavy atom. The number of halogens is 1. The van der Waals surface area contributed by atoms with Crippen molar-refractivity contribution >= 4 is 41.8 Å². The van der Waals surface area contributed by atoms with Crippen LogP contribution in [-0.2, 0) is 16.1 Å². The van der Waals surface area contributed by atoms with E-state index in [9.17, 15) is 9.59 Å². The predicted molar refractivity (Wildman–Crippen MR) is 139 cm³/mol. The predicted octanol–water partition coefficient (Wildman–Crippen LogP) is 3.20. The van der Waals surface area contributed by atoms with E-state index in [1.807, 2.05) is 24.3 Å². The first-order chi connectivity index (χ1) is 15.5. The number of allylic oxidation sites excluding steroid dienone is 2. The van der Waals surface area contributed by atoms with Crippen LogP contribution < -0.4 is 15.4 Å². The van der Waals surface area contributed by atoms with E-state index in [1.54, 1.807) is 7.05 Å². The normalized spacial score (nSPS) is 25.5. The monoisotopic (exact) mass is 566 g/mol. The lowest BCUT2D eigenvalue weighted by molar-refractivity contribution is -0.140. The van der Waals surface area contributed by atoms with Gasteiger partial charge in [-0.3, -0.25) is 19.5 Å². The standard InChI is InChI=1S/C25H34N4O3.HI/c1-16(2)15-32-20-9-5-17(6-10-20)14-28-25(26-3)27-11-4-12-29-23(30)21-18-7-8-19(13-18)22(21)24(29)31;/h5-10,16,18-19,21-22H,4,11-15H2,1-3H3,(H2,26,27,28);1H. The molecule has 2 N–H and O–H groups in total. The number of aliphatic imine (C=N–C) groups is 1. The molecule has 7 nitrogen and oxygen atoms in total. The molecule has 2 amide bonds. The van der Waals surface area contributed by atoms with Gasteiger partial charge in [0.1, 0.15) is 5.75 Å². The third-order valence-electron chi connectivity index (χ3n) is 6.60. The molecule has 4 atom stereocenters. The SMILES string of the molecule is CN=C(NCCCN1C(=O)C2C3C=CC(C3)C2C1=O)NCc1ccc(OCC(C)C)cc1.I. The number of guanidine groups is 1. The van der Waals surface area contributed by atoms with Gasteiger partial charge in [-0.1, -0.05) is 38.1 Å². The van der Waals surface area contributed by atoms with Crippen molar-refractivity contribution in [2.45, 2.75) is 33.2 Å². The molecule has 1 aromatic carbocycles. The van der Waals surface area contributed by atoms with Gasteiger partial charge < -0.3 is 15.4 Å². The molecule has 3 aliphatic rings. The number of nitrogens with one attached hydrogen (secondary N) is 2. The van der Waals surface area contributed by atoms with Crippen LogP contribution in [-0.4, -0.2) is 49.4 Å². The summed E-state index contributed by atoms with van der Waals surface area (Å²) in [7, 11) is 1.73. The molecule has 0 spiro atoms. The van der Waals surface area contributed by atoms with Crippen LogP contribution in [0.5, 0.6) is 5.75 Å². The van der Waals surface area contributed by atoms with E-state index in [1.165, 1.54) is 4.90 Å². The molecule has 1 heterocycles. The molecule has 1 aromatic rings. The number of rotatable bonds is 9. The Morgan fingerprint density at radius 2 is 1.73 bits per heavy atom. The summed E-state index contributed by atoms with van der Waals surface area (Å²) in [5, 5.41) is 6.57. The quantitative estimate of drug-likeness (QED) is 0.120. The highest BCUT2D eigenvalue weighted by molar-refractivity contribution is 14.0. The summed E-state index contributed by atoms with van der Waals surface area (Å²) in [4.78, 5) is 31.2. The zero-order chi connectivity index (χ0) is 22.7. The highest BCUT2D eigenvalue weighted by Gasteiger charge is 2.58. The van der Waals surface area contributed by atoms with Crippen molar-refractivity contribution in [3.05, 3.63) is 42.0 Å². The Morgan fingerprint density at radius 3 is 2.30 bits per heavy atom. The number of amides is 2. The van der Waals surface area contributed by atoms with Gasteiger partial charge in [-0.05, 0) is 48.3 Å². The van der Waals surface area contributed by atoms with Crippen molar-refractivity contribution in [2.75, 3.05) is 26.7 Å². The molecule has 180 valence electrons. The van der Waals surface area contributed by atoms with E-state index in [4.69, 9.17) is 4.74 Å². The van der Waals surface area contributed by atoms with Crippen LogP contribution in [0.1, 0.15) is 32.3 Å². The van der Waals surface area contributed by atoms with Crippen molar-refractivity contribution in [1.29, 1.82) is 0 Å². The third kappa shape index (κ3) is 5.70. The molecule has 1 saturated carbocycles. The van der Waals surface area contributed by atoms with Crippen LogP contribution in [0, 0.1) is 29.6 Å². The van der Waals surface area contributed by atoms with Gasteiger partial charge in [0, 0.05) is 26.7 Å². The first-order valence-corrected chi connectivity index (χ1v) is 11.7. The van der Waals surface area contributed by atoms with Gasteiger partial charge in [0.05, 0.1) is 18.4 Å². The van der Waals surface area contributed by atoms with Crippen LogP contribution in [0.15, 0.2) is 41.4 Å². The molecule has 4 unspecified atom stereocenters. The van der Waals surface area contributed by atoms with Crippen molar-refractivity contribution in [3.63, 3.8) is 0 Å². The zero-order valence-electron chi connectivity index (χ0n) is 19.6. The van der Waals surface area contributed by atoms with Crippen LogP contribution in [0.2, 0.25) is 0 Å². The lowest BCUT2D eigenvalue weighted by Crippen LogP contribution is -2.39. The van der Waals surface area contributed by atoms with Gasteiger partial charge in [0.15, 0.2) is 5.96 Å². The van der Waals surface area contributed by atoms with Crippen LogP contribution in [0.3, 0.4) is 0 Å². The molecule has 0 aromatic heterocycles. The molecular formula is C25H35IN4O3. The number of nitrogens with zero attached hydrogens (tertiary/aromatic N) is 2. The van der Waals surface area contributed by atoms with E-state index in [0.29, 0.717) is 44.5 Å². The van der Waals surface area contributed by atoms with Crippen LogP contribution in [0.4, 0.5) is 0 Å². The number of benzene rings is 1. The first-order valence-electron chi connectivity index (χ1n) is 11.7. The van der Waals surface area contributed by atoms with Crippen LogP contribution in [0.25, 0.3) is 0 Å². The maximum Gasteiger partial charge on any atom is 0.233 e. The minimum Gasteiger partial charge on any atom is -0.493 e. The lowest BCUT2D eigenvalue weighted by Gasteiger charge is -2.18. The summed E-state index contributed by atoms with van der Waals surface area (Å²) in [5.74, 6) is 2.45. The Labute approximate surface area is 213 Å². The van der Waals surface area contributed by atoms with E-state index in [0.717, 1.165) is 17.7 Å². The summed E-state index contributed by atoms with van der Waals surface area (Å²) < 4.78 is 5.72. The Balaban J connectivity index is 0.00000306. The number of likely N-dealkylation sites (tertiary alicyclic amines) is 1. The van der Waals surface area contributed by atoms with Crippen molar-refractivity contribution in [3.8, 4) is 5.75 Å². The number of hydrogen-bond donors (Lipinski definition) is 2. The average Bonchev–Trinajstić information content (AvgIpc) is 3.47. The summed E-state index contributed by atoms with van der Waals surface area (Å²) >= 11 is 0. The highest BCUT2D eigenvalue weighted by atomic mass is 127. The van der Waals surface area contributed by atoms with Gasteiger partial charge in [0.25, 0.3) is 0 Å². The number of fused-ring (bicyclic) bond motifs is 5. The molecule has 4 rings (SSSR count). The summed E-state index contributed by atoms with van der Waals surface area (Å²) in [6, 6.07) is 8.05. The minimum absolute atomic E-state index is 0. The maximum absolute atomic E-state index is 12.7. The van der Waals surface area contributed by atoms with Crippen molar-refractivity contribution in [1.82, 2.24) is 15.5 Å². The highest BCUT2D eigenvalue weighted by Crippen LogP contribution is 2.52. The number of imide groups is 1. The van der Waals surface area contributed by atoms with Crippen molar-refractivity contribution < 1.29 is 14.3 Å². The Bertz CT molecular complexity index is 869. The summed E-state index contributed by atoms with van der Waals surface area (Å²) in [6.07, 6.45) is 5.92. The largest absolute Gasteiger partial charge is 0.493 e. The lowest BCUT2D eigenvalue weighted by atomic mass is 9.85. The second kappa shape index (κ2) is 11.4. The molecule has 33 heavy (non-hydrogen) atoms. The first kappa shape index (κ1) is 25.5. The van der Waals surface area contributed by atoms with E-state index in [2.05, 4.69) is 41.6 Å². The maximum atomic E-state index is 12.7. The molecule has 1 aliphatic heterocycles. The number of hydrogen-bond acceptors (Lipinski definition) is 4. The number of carbonyl (C=O) groups excluding carboxylic acids is 2.